The van der Waals surface area contributed by atoms with Gasteiger partial charge in [-0.1, -0.05) is 73.9 Å². The molecule has 1 aliphatic carbocycles. The maximum atomic E-state index is 14.5. The molecule has 3 fully saturated rings. The molecule has 1 spiro atoms. The van der Waals surface area contributed by atoms with Crippen LogP contribution in [0.15, 0.2) is 54.6 Å². The van der Waals surface area contributed by atoms with E-state index in [0.717, 1.165) is 37.7 Å². The lowest BCUT2D eigenvalue weighted by molar-refractivity contribution is -0.161. The van der Waals surface area contributed by atoms with Gasteiger partial charge in [-0.25, -0.2) is 0 Å². The van der Waals surface area contributed by atoms with Crippen molar-refractivity contribution in [2.45, 2.75) is 94.2 Å². The Balaban J connectivity index is 1.41. The minimum Gasteiger partial charge on any atom is -0.455 e. The number of benzene rings is 1. The van der Waals surface area contributed by atoms with Crippen molar-refractivity contribution >= 4 is 23.7 Å². The number of hydrogen-bond acceptors (Lipinski definition) is 7. The normalized spacial score (nSPS) is 35.5. The molecule has 0 bridgehead atoms. The first-order chi connectivity index (χ1) is 21.4. The van der Waals surface area contributed by atoms with Crippen LogP contribution in [0.5, 0.6) is 0 Å². The molecule has 6 rings (SSSR count). The van der Waals surface area contributed by atoms with Gasteiger partial charge in [0.05, 0.1) is 18.1 Å². The van der Waals surface area contributed by atoms with Crippen LogP contribution in [0.1, 0.15) is 70.0 Å². The van der Waals surface area contributed by atoms with Crippen LogP contribution in [0.2, 0.25) is 0 Å². The number of carbonyl (C=O) groups is 4. The number of fused-ring (bicyclic) bond motifs is 2. The minimum atomic E-state index is -1.37. The van der Waals surface area contributed by atoms with Gasteiger partial charge in [0.15, 0.2) is 0 Å². The first kappa shape index (κ1) is 30.5. The molecule has 0 aromatic heterocycles. The van der Waals surface area contributed by atoms with Crippen molar-refractivity contribution in [1.82, 2.24) is 15.1 Å². The Bertz CT molecular complexity index is 1310. The Labute approximate surface area is 258 Å². The second kappa shape index (κ2) is 12.9. The van der Waals surface area contributed by atoms with E-state index >= 15 is 0 Å². The van der Waals surface area contributed by atoms with Gasteiger partial charge in [-0.3, -0.25) is 19.2 Å². The van der Waals surface area contributed by atoms with Gasteiger partial charge in [0, 0.05) is 32.2 Å². The van der Waals surface area contributed by atoms with E-state index in [-0.39, 0.29) is 43.3 Å². The Morgan fingerprint density at radius 2 is 1.80 bits per heavy atom. The number of aliphatic hydroxyl groups excluding tert-OH is 1. The number of nitrogens with zero attached hydrogens (tertiary/aromatic N) is 2. The fourth-order valence-corrected chi connectivity index (χ4v) is 7.92. The quantitative estimate of drug-likeness (QED) is 0.391. The van der Waals surface area contributed by atoms with Gasteiger partial charge in [0.2, 0.25) is 17.7 Å². The number of nitrogens with one attached hydrogen (secondary N) is 1. The molecule has 236 valence electrons. The number of rotatable bonds is 5. The van der Waals surface area contributed by atoms with Crippen molar-refractivity contribution in [2.24, 2.45) is 11.8 Å². The van der Waals surface area contributed by atoms with Crippen molar-refractivity contribution in [3.8, 4) is 0 Å². The fourth-order valence-electron chi connectivity index (χ4n) is 7.92. The Morgan fingerprint density at radius 3 is 2.55 bits per heavy atom. The number of esters is 1. The number of hydrogen-bond donors (Lipinski definition) is 2. The third-order valence-corrected chi connectivity index (χ3v) is 9.95. The molecule has 1 aromatic carbocycles. The lowest BCUT2D eigenvalue weighted by Gasteiger charge is -2.39. The molecule has 3 amide bonds. The van der Waals surface area contributed by atoms with E-state index in [1.54, 1.807) is 13.0 Å². The summed E-state index contributed by atoms with van der Waals surface area (Å²) in [6.07, 6.45) is 11.8. The van der Waals surface area contributed by atoms with E-state index in [1.807, 2.05) is 53.5 Å². The third-order valence-electron chi connectivity index (χ3n) is 9.95. The van der Waals surface area contributed by atoms with Crippen LogP contribution in [-0.2, 0) is 28.7 Å². The molecule has 2 N–H and O–H groups in total. The van der Waals surface area contributed by atoms with Gasteiger partial charge < -0.3 is 29.7 Å². The van der Waals surface area contributed by atoms with Crippen LogP contribution in [0.3, 0.4) is 0 Å². The molecule has 5 aliphatic rings. The average Bonchev–Trinajstić information content (AvgIpc) is 3.41. The van der Waals surface area contributed by atoms with E-state index in [0.29, 0.717) is 19.4 Å². The molecule has 4 aliphatic heterocycles. The predicted octanol–water partition coefficient (Wildman–Crippen LogP) is 2.82. The second-order valence-corrected chi connectivity index (χ2v) is 12.7. The van der Waals surface area contributed by atoms with Crippen LogP contribution < -0.4 is 5.32 Å². The summed E-state index contributed by atoms with van der Waals surface area (Å²) >= 11 is 0. The number of carbonyl (C=O) groups excluding carboxylic acids is 4. The summed E-state index contributed by atoms with van der Waals surface area (Å²) in [6, 6.07) is 7.85. The van der Waals surface area contributed by atoms with Gasteiger partial charge in [0.25, 0.3) is 0 Å². The van der Waals surface area contributed by atoms with Crippen LogP contribution in [0, 0.1) is 11.8 Å². The smallest absolute Gasteiger partial charge is 0.313 e. The standard InChI is InChI=1S/C34H43N3O7/c1-22-29(23-12-4-2-5-13-23)43-33(42)27-25(16-8-9-17-26(39)35-22)44-34-18-10-19-36(24-14-6-3-7-15-24)32(41)30(34)37(20-11-21-38)31(40)28(27)34/h2,4-5,8,10,12-13,16,18,22,24-25,27-30,38H,3,6-7,9,11,14-15,17,19-21H2,1H3,(H,35,39)/b16-8-/t22-,25-,27+,28+,29+,30-,34+/m1/s1. The zero-order valence-corrected chi connectivity index (χ0v) is 25.3. The zero-order chi connectivity index (χ0) is 30.8. The highest BCUT2D eigenvalue weighted by Gasteiger charge is 2.72. The topological polar surface area (TPSA) is 125 Å². The summed E-state index contributed by atoms with van der Waals surface area (Å²) in [5.74, 6) is -3.27. The maximum absolute atomic E-state index is 14.5. The summed E-state index contributed by atoms with van der Waals surface area (Å²) in [4.78, 5) is 59.3. The van der Waals surface area contributed by atoms with Crippen molar-refractivity contribution < 1.29 is 33.8 Å². The van der Waals surface area contributed by atoms with Crippen molar-refractivity contribution in [3.05, 3.63) is 60.2 Å². The van der Waals surface area contributed by atoms with Gasteiger partial charge in [-0.05, 0) is 38.2 Å². The number of amides is 3. The first-order valence-electron chi connectivity index (χ1n) is 16.1. The predicted molar refractivity (Wildman–Crippen MR) is 161 cm³/mol. The van der Waals surface area contributed by atoms with Crippen molar-refractivity contribution in [1.29, 1.82) is 0 Å². The summed E-state index contributed by atoms with van der Waals surface area (Å²) in [5, 5.41) is 12.6. The summed E-state index contributed by atoms with van der Waals surface area (Å²) in [6.45, 7) is 2.26. The largest absolute Gasteiger partial charge is 0.455 e. The molecule has 0 unspecified atom stereocenters. The fraction of sp³-hybridized carbons (Fsp3) is 0.588. The number of allylic oxidation sites excluding steroid dienone is 1. The number of ether oxygens (including phenoxy) is 2. The first-order valence-corrected chi connectivity index (χ1v) is 16.1. The lowest BCUT2D eigenvalue weighted by atomic mass is 9.77. The van der Waals surface area contributed by atoms with E-state index < -0.39 is 47.7 Å². The molecule has 1 aromatic rings. The molecule has 10 nitrogen and oxygen atoms in total. The molecule has 1 saturated carbocycles. The van der Waals surface area contributed by atoms with Crippen molar-refractivity contribution in [3.63, 3.8) is 0 Å². The van der Waals surface area contributed by atoms with Crippen LogP contribution in [0.4, 0.5) is 0 Å². The summed E-state index contributed by atoms with van der Waals surface area (Å²) < 4.78 is 13.0. The van der Waals surface area contributed by atoms with E-state index in [4.69, 9.17) is 9.47 Å². The molecule has 2 saturated heterocycles. The number of likely N-dealkylation sites (tertiary alicyclic amines) is 1. The van der Waals surface area contributed by atoms with E-state index in [9.17, 15) is 24.3 Å². The van der Waals surface area contributed by atoms with E-state index in [2.05, 4.69) is 5.32 Å². The minimum absolute atomic E-state index is 0.0857. The lowest BCUT2D eigenvalue weighted by Crippen LogP contribution is -2.57. The van der Waals surface area contributed by atoms with Gasteiger partial charge >= 0.3 is 5.97 Å². The SMILES string of the molecule is C[C@H]1NC(=O)CC/C=C\[C@H]2O[C@]34C=CCN(C5CCCCC5)C(=O)[C@H]3N(CCCO)C(=O)[C@@H]4[C@H]2C(=O)O[C@@H]1c1ccccc1. The van der Waals surface area contributed by atoms with E-state index in [1.165, 1.54) is 4.90 Å². The van der Waals surface area contributed by atoms with Crippen molar-refractivity contribution in [2.75, 3.05) is 19.7 Å². The summed E-state index contributed by atoms with van der Waals surface area (Å²) in [5.41, 5.74) is -0.646. The number of aliphatic hydroxyl groups is 1. The molecule has 4 heterocycles. The average molecular weight is 606 g/mol. The highest BCUT2D eigenvalue weighted by atomic mass is 16.6. The van der Waals surface area contributed by atoms with Gasteiger partial charge in [-0.2, -0.15) is 0 Å². The molecular weight excluding hydrogens is 562 g/mol. The Kier molecular flexibility index (Phi) is 8.91. The third kappa shape index (κ3) is 5.47. The van der Waals surface area contributed by atoms with Gasteiger partial charge in [0.1, 0.15) is 23.7 Å². The molecule has 44 heavy (non-hydrogen) atoms. The van der Waals surface area contributed by atoms with Crippen LogP contribution in [0.25, 0.3) is 0 Å². The molecule has 7 atom stereocenters. The number of cyclic esters (lactones) is 1. The zero-order valence-electron chi connectivity index (χ0n) is 25.3. The monoisotopic (exact) mass is 605 g/mol. The molecule has 0 radical (unpaired) electrons. The molecular formula is C34H43N3O7. The van der Waals surface area contributed by atoms with Crippen LogP contribution in [-0.4, -0.2) is 88.1 Å². The summed E-state index contributed by atoms with van der Waals surface area (Å²) in [7, 11) is 0. The highest BCUT2D eigenvalue weighted by Crippen LogP contribution is 2.53. The molecule has 10 heteroatoms. The Hall–Kier alpha value is -3.50. The Morgan fingerprint density at radius 1 is 1.02 bits per heavy atom. The second-order valence-electron chi connectivity index (χ2n) is 12.7. The highest BCUT2D eigenvalue weighted by molar-refractivity contribution is 5.99. The maximum Gasteiger partial charge on any atom is 0.313 e. The van der Waals surface area contributed by atoms with Crippen LogP contribution >= 0.6 is 0 Å². The van der Waals surface area contributed by atoms with Gasteiger partial charge in [-0.15, -0.1) is 0 Å².